The molecule has 0 saturated heterocycles. The number of benzene rings is 3. The highest BCUT2D eigenvalue weighted by molar-refractivity contribution is 7.89. The van der Waals surface area contributed by atoms with Crippen LogP contribution >= 0.6 is 0 Å². The summed E-state index contributed by atoms with van der Waals surface area (Å²) >= 11 is 0. The lowest BCUT2D eigenvalue weighted by atomic mass is 9.86. The van der Waals surface area contributed by atoms with Gasteiger partial charge in [-0.1, -0.05) is 42.5 Å². The minimum atomic E-state index is -4.79. The maximum atomic E-state index is 13.4. The Hall–Kier alpha value is -3.81. The number of aryl methyl sites for hydroxylation is 1. The number of alkyl halides is 3. The van der Waals surface area contributed by atoms with Gasteiger partial charge in [0.15, 0.2) is 0 Å². The Morgan fingerprint density at radius 3 is 2.45 bits per heavy atom. The first-order valence-electron chi connectivity index (χ1n) is 14.1. The lowest BCUT2D eigenvalue weighted by molar-refractivity contribution is -0.385. The Bertz CT molecular complexity index is 1640. The summed E-state index contributed by atoms with van der Waals surface area (Å²) in [5.74, 6) is -0.573. The molecule has 4 rings (SSSR count). The van der Waals surface area contributed by atoms with Crippen molar-refractivity contribution in [1.82, 2.24) is 15.4 Å². The van der Waals surface area contributed by atoms with E-state index in [9.17, 15) is 36.5 Å². The number of nitrogens with one attached hydrogen (secondary N) is 3. The fourth-order valence-electron chi connectivity index (χ4n) is 5.19. The molecule has 0 saturated carbocycles. The van der Waals surface area contributed by atoms with E-state index in [1.807, 2.05) is 12.1 Å². The number of fused-ring (bicyclic) bond motifs is 1. The number of para-hydroxylation sites is 1. The molecule has 9 nitrogen and oxygen atoms in total. The second-order valence-electron chi connectivity index (χ2n) is 11.9. The number of nitro benzene ring substituents is 1. The number of carbonyl (C=O) groups is 1. The van der Waals surface area contributed by atoms with Crippen LogP contribution in [0.2, 0.25) is 0 Å². The lowest BCUT2D eigenvalue weighted by Crippen LogP contribution is -2.36. The fraction of sp³-hybridized carbons (Fsp3) is 0.387. The zero-order valence-electron chi connectivity index (χ0n) is 24.6. The van der Waals surface area contributed by atoms with E-state index in [0.717, 1.165) is 47.7 Å². The molecule has 2 atom stereocenters. The Kier molecular flexibility index (Phi) is 9.81. The zero-order valence-corrected chi connectivity index (χ0v) is 25.4. The van der Waals surface area contributed by atoms with Gasteiger partial charge < -0.3 is 10.6 Å². The number of nitro groups is 1. The second kappa shape index (κ2) is 13.0. The van der Waals surface area contributed by atoms with E-state index in [-0.39, 0.29) is 17.1 Å². The molecule has 13 heteroatoms. The smallest absolute Gasteiger partial charge is 0.349 e. The number of carbonyl (C=O) groups excluding carboxylic acids is 1. The maximum Gasteiger partial charge on any atom is 0.416 e. The van der Waals surface area contributed by atoms with Gasteiger partial charge in [0, 0.05) is 30.1 Å². The summed E-state index contributed by atoms with van der Waals surface area (Å²) in [4.78, 5) is 23.8. The van der Waals surface area contributed by atoms with E-state index < -0.39 is 55.6 Å². The van der Waals surface area contributed by atoms with Crippen LogP contribution in [0.15, 0.2) is 71.6 Å². The van der Waals surface area contributed by atoms with Gasteiger partial charge in [0.1, 0.15) is 0 Å². The molecule has 0 radical (unpaired) electrons. The van der Waals surface area contributed by atoms with Crippen LogP contribution in [0.4, 0.5) is 18.9 Å². The predicted molar refractivity (Wildman–Crippen MR) is 159 cm³/mol. The standard InChI is InChI=1S/C31H35F3N4O5S/c1-30(2,3)35-19-20-14-15-24-21(16-20)8-6-12-26(24)36-29(39)18-27(25-11-4-5-13-28(25)38(40)41)37-44(42,43)23-10-7-9-22(17-23)31(32,33)34/h4-5,7,9-11,13-17,26-27,35,37H,6,8,12,18-19H2,1-3H3,(H,36,39)/t26-,27+/m1/s1. The van der Waals surface area contributed by atoms with Crippen molar-refractivity contribution in [3.63, 3.8) is 0 Å². The first-order chi connectivity index (χ1) is 20.5. The van der Waals surface area contributed by atoms with E-state index in [2.05, 4.69) is 42.2 Å². The first kappa shape index (κ1) is 33.1. The molecule has 236 valence electrons. The molecule has 3 aromatic carbocycles. The third-order valence-corrected chi connectivity index (χ3v) is 8.82. The zero-order chi connectivity index (χ0) is 32.3. The van der Waals surface area contributed by atoms with Crippen LogP contribution in [0.25, 0.3) is 0 Å². The van der Waals surface area contributed by atoms with Gasteiger partial charge in [0.25, 0.3) is 5.69 Å². The third-order valence-electron chi connectivity index (χ3n) is 7.35. The van der Waals surface area contributed by atoms with Crippen LogP contribution in [0, 0.1) is 10.1 Å². The van der Waals surface area contributed by atoms with Crippen molar-refractivity contribution in [1.29, 1.82) is 0 Å². The van der Waals surface area contributed by atoms with Crippen LogP contribution in [0.3, 0.4) is 0 Å². The van der Waals surface area contributed by atoms with E-state index in [0.29, 0.717) is 19.0 Å². The highest BCUT2D eigenvalue weighted by Crippen LogP contribution is 2.34. The van der Waals surface area contributed by atoms with Crippen molar-refractivity contribution < 1.29 is 31.3 Å². The van der Waals surface area contributed by atoms with Crippen LogP contribution in [-0.4, -0.2) is 24.8 Å². The molecule has 0 fully saturated rings. The van der Waals surface area contributed by atoms with E-state index in [1.165, 1.54) is 24.3 Å². The van der Waals surface area contributed by atoms with Gasteiger partial charge in [-0.25, -0.2) is 13.1 Å². The molecule has 0 spiro atoms. The van der Waals surface area contributed by atoms with E-state index in [1.54, 1.807) is 0 Å². The Morgan fingerprint density at radius 2 is 1.77 bits per heavy atom. The second-order valence-corrected chi connectivity index (χ2v) is 13.6. The number of hydrogen-bond donors (Lipinski definition) is 3. The van der Waals surface area contributed by atoms with Crippen molar-refractivity contribution in [2.24, 2.45) is 0 Å². The minimum Gasteiger partial charge on any atom is -0.349 e. The molecule has 3 aromatic rings. The molecular formula is C31H35F3N4O5S. The molecule has 0 unspecified atom stereocenters. The van der Waals surface area contributed by atoms with Crippen LogP contribution in [0.1, 0.15) is 79.9 Å². The molecule has 1 aliphatic rings. The van der Waals surface area contributed by atoms with Crippen LogP contribution < -0.4 is 15.4 Å². The van der Waals surface area contributed by atoms with Gasteiger partial charge in [-0.15, -0.1) is 0 Å². The van der Waals surface area contributed by atoms with E-state index in [4.69, 9.17) is 0 Å². The molecule has 1 amide bonds. The number of sulfonamides is 1. The average molecular weight is 633 g/mol. The highest BCUT2D eigenvalue weighted by Gasteiger charge is 2.34. The Morgan fingerprint density at radius 1 is 1.05 bits per heavy atom. The summed E-state index contributed by atoms with van der Waals surface area (Å²) in [5, 5.41) is 18.2. The van der Waals surface area contributed by atoms with Gasteiger partial charge in [-0.2, -0.15) is 13.2 Å². The normalized spacial score (nSPS) is 16.2. The number of amides is 1. The summed E-state index contributed by atoms with van der Waals surface area (Å²) in [6.45, 7) is 6.91. The SMILES string of the molecule is CC(C)(C)NCc1ccc2c(c1)CCC[C@H]2NC(=O)C[C@H](NS(=O)(=O)c1cccc(C(F)(F)F)c1)c1ccccc1[N+](=O)[O-]. The van der Waals surface area contributed by atoms with Gasteiger partial charge in [0.2, 0.25) is 15.9 Å². The quantitative estimate of drug-likeness (QED) is 0.183. The molecule has 44 heavy (non-hydrogen) atoms. The molecule has 0 bridgehead atoms. The van der Waals surface area contributed by atoms with Crippen molar-refractivity contribution in [2.75, 3.05) is 0 Å². The first-order valence-corrected chi connectivity index (χ1v) is 15.6. The fourth-order valence-corrected chi connectivity index (χ4v) is 6.45. The number of hydrogen-bond acceptors (Lipinski definition) is 6. The van der Waals surface area contributed by atoms with Gasteiger partial charge in [0.05, 0.1) is 27.5 Å². The summed E-state index contributed by atoms with van der Waals surface area (Å²) in [6.07, 6.45) is -3.03. The summed E-state index contributed by atoms with van der Waals surface area (Å²) in [7, 11) is -4.64. The monoisotopic (exact) mass is 632 g/mol. The maximum absolute atomic E-state index is 13.4. The molecule has 0 aliphatic heterocycles. The number of halogens is 3. The van der Waals surface area contributed by atoms with Crippen molar-refractivity contribution in [3.8, 4) is 0 Å². The Labute approximate surface area is 254 Å². The largest absolute Gasteiger partial charge is 0.416 e. The number of rotatable bonds is 10. The van der Waals surface area contributed by atoms with E-state index >= 15 is 0 Å². The van der Waals surface area contributed by atoms with Crippen molar-refractivity contribution >= 4 is 21.6 Å². The summed E-state index contributed by atoms with van der Waals surface area (Å²) < 4.78 is 68.7. The van der Waals surface area contributed by atoms with Gasteiger partial charge >= 0.3 is 6.18 Å². The highest BCUT2D eigenvalue weighted by atomic mass is 32.2. The Balaban J connectivity index is 1.59. The molecule has 3 N–H and O–H groups in total. The lowest BCUT2D eigenvalue weighted by Gasteiger charge is -2.28. The molecule has 1 aliphatic carbocycles. The third kappa shape index (κ3) is 8.42. The molecule has 0 aromatic heterocycles. The van der Waals surface area contributed by atoms with Gasteiger partial charge in [-0.05, 0) is 74.9 Å². The summed E-state index contributed by atoms with van der Waals surface area (Å²) in [5.41, 5.74) is 1.38. The topological polar surface area (TPSA) is 130 Å². The summed E-state index contributed by atoms with van der Waals surface area (Å²) in [6, 6.07) is 12.7. The molecule has 0 heterocycles. The van der Waals surface area contributed by atoms with Crippen molar-refractivity contribution in [2.45, 2.75) is 81.7 Å². The average Bonchev–Trinajstić information content (AvgIpc) is 2.95. The van der Waals surface area contributed by atoms with Crippen LogP contribution in [0.5, 0.6) is 0 Å². The van der Waals surface area contributed by atoms with Crippen molar-refractivity contribution in [3.05, 3.63) is 105 Å². The minimum absolute atomic E-state index is 0.0561. The predicted octanol–water partition coefficient (Wildman–Crippen LogP) is 6.11. The van der Waals surface area contributed by atoms with Gasteiger partial charge in [-0.3, -0.25) is 14.9 Å². The number of nitrogens with zero attached hydrogens (tertiary/aromatic N) is 1. The van der Waals surface area contributed by atoms with Crippen LogP contribution in [-0.2, 0) is 34.0 Å². The molecular weight excluding hydrogens is 597 g/mol.